The maximum absolute atomic E-state index is 5.88. The zero-order valence-electron chi connectivity index (χ0n) is 10.4. The molecule has 0 spiro atoms. The summed E-state index contributed by atoms with van der Waals surface area (Å²) in [7, 11) is 0. The molecular weight excluding hydrogens is 308 g/mol. The maximum Gasteiger partial charge on any atom is 0.123 e. The van der Waals surface area contributed by atoms with Crippen molar-refractivity contribution >= 4 is 15.9 Å². The summed E-state index contributed by atoms with van der Waals surface area (Å²) in [5.74, 6) is 1.01. The van der Waals surface area contributed by atoms with Gasteiger partial charge in [-0.15, -0.1) is 5.10 Å². The second kappa shape index (κ2) is 5.71. The largest absolute Gasteiger partial charge is 0.488 e. The molecule has 6 heteroatoms. The molecular formula is C13H15BrN4O. The number of fused-ring (bicyclic) bond motifs is 1. The van der Waals surface area contributed by atoms with E-state index in [0.29, 0.717) is 0 Å². The zero-order chi connectivity index (χ0) is 13.1. The molecule has 1 aliphatic heterocycles. The summed E-state index contributed by atoms with van der Waals surface area (Å²) in [6, 6.07) is 6.17. The molecule has 0 fully saturated rings. The van der Waals surface area contributed by atoms with Gasteiger partial charge in [-0.25, -0.2) is 0 Å². The highest BCUT2D eigenvalue weighted by Crippen LogP contribution is 2.30. The van der Waals surface area contributed by atoms with Crippen LogP contribution in [-0.2, 0) is 13.0 Å². The zero-order valence-corrected chi connectivity index (χ0v) is 12.0. The first kappa shape index (κ1) is 12.6. The Kier molecular flexibility index (Phi) is 3.79. The van der Waals surface area contributed by atoms with Crippen molar-refractivity contribution < 1.29 is 4.74 Å². The number of hydrogen-bond donors (Lipinski definition) is 1. The Labute approximate surface area is 120 Å². The van der Waals surface area contributed by atoms with E-state index in [1.54, 1.807) is 6.20 Å². The SMILES string of the molecule is Brc1ccc2c(c1)CC(CNCCn1ccnn1)O2. The average molecular weight is 323 g/mol. The van der Waals surface area contributed by atoms with Gasteiger partial charge in [0.05, 0.1) is 12.7 Å². The van der Waals surface area contributed by atoms with E-state index in [1.165, 1.54) is 5.56 Å². The number of hydrogen-bond acceptors (Lipinski definition) is 4. The first-order chi connectivity index (χ1) is 9.31. The summed E-state index contributed by atoms with van der Waals surface area (Å²) < 4.78 is 8.80. The molecule has 1 atom stereocenters. The van der Waals surface area contributed by atoms with Gasteiger partial charge in [0, 0.05) is 30.2 Å². The molecule has 5 nitrogen and oxygen atoms in total. The normalized spacial score (nSPS) is 17.2. The highest BCUT2D eigenvalue weighted by atomic mass is 79.9. The summed E-state index contributed by atoms with van der Waals surface area (Å²) in [5.41, 5.74) is 1.28. The summed E-state index contributed by atoms with van der Waals surface area (Å²) >= 11 is 3.48. The minimum Gasteiger partial charge on any atom is -0.488 e. The third-order valence-electron chi connectivity index (χ3n) is 3.13. The highest BCUT2D eigenvalue weighted by molar-refractivity contribution is 9.10. The second-order valence-electron chi connectivity index (χ2n) is 4.57. The van der Waals surface area contributed by atoms with E-state index in [-0.39, 0.29) is 6.10 Å². The lowest BCUT2D eigenvalue weighted by Gasteiger charge is -2.11. The van der Waals surface area contributed by atoms with Gasteiger partial charge < -0.3 is 10.1 Å². The van der Waals surface area contributed by atoms with Crippen molar-refractivity contribution in [2.75, 3.05) is 13.1 Å². The number of nitrogens with one attached hydrogen (secondary N) is 1. The van der Waals surface area contributed by atoms with E-state index in [4.69, 9.17) is 4.74 Å². The molecule has 1 aliphatic rings. The van der Waals surface area contributed by atoms with Gasteiger partial charge in [-0.1, -0.05) is 21.1 Å². The van der Waals surface area contributed by atoms with Crippen molar-refractivity contribution in [1.29, 1.82) is 0 Å². The molecule has 0 saturated heterocycles. The van der Waals surface area contributed by atoms with Crippen LogP contribution in [-0.4, -0.2) is 34.2 Å². The smallest absolute Gasteiger partial charge is 0.123 e. The molecule has 3 rings (SSSR count). The number of nitrogens with zero attached hydrogens (tertiary/aromatic N) is 3. The molecule has 100 valence electrons. The Balaban J connectivity index is 1.43. The number of halogens is 1. The first-order valence-electron chi connectivity index (χ1n) is 6.31. The van der Waals surface area contributed by atoms with E-state index >= 15 is 0 Å². The van der Waals surface area contributed by atoms with Gasteiger partial charge in [0.2, 0.25) is 0 Å². The van der Waals surface area contributed by atoms with Crippen molar-refractivity contribution in [1.82, 2.24) is 20.3 Å². The summed E-state index contributed by atoms with van der Waals surface area (Å²) in [4.78, 5) is 0. The van der Waals surface area contributed by atoms with Gasteiger partial charge >= 0.3 is 0 Å². The molecule has 0 amide bonds. The van der Waals surface area contributed by atoms with Crippen molar-refractivity contribution in [3.63, 3.8) is 0 Å². The van der Waals surface area contributed by atoms with Gasteiger partial charge in [0.25, 0.3) is 0 Å². The van der Waals surface area contributed by atoms with Crippen LogP contribution in [0.5, 0.6) is 5.75 Å². The second-order valence-corrected chi connectivity index (χ2v) is 5.48. The molecule has 2 heterocycles. The van der Waals surface area contributed by atoms with E-state index in [2.05, 4.69) is 37.6 Å². The van der Waals surface area contributed by atoms with Crippen LogP contribution in [0, 0.1) is 0 Å². The third-order valence-corrected chi connectivity index (χ3v) is 3.62. The molecule has 1 aromatic carbocycles. The van der Waals surface area contributed by atoms with Crippen LogP contribution in [0.1, 0.15) is 5.56 Å². The van der Waals surface area contributed by atoms with E-state index in [1.807, 2.05) is 23.0 Å². The van der Waals surface area contributed by atoms with Crippen LogP contribution in [0.3, 0.4) is 0 Å². The van der Waals surface area contributed by atoms with Gasteiger partial charge in [-0.2, -0.15) is 0 Å². The Morgan fingerprint density at radius 3 is 3.26 bits per heavy atom. The van der Waals surface area contributed by atoms with Crippen LogP contribution < -0.4 is 10.1 Å². The quantitative estimate of drug-likeness (QED) is 0.850. The van der Waals surface area contributed by atoms with Gasteiger partial charge in [-0.05, 0) is 23.8 Å². The Hall–Kier alpha value is -1.40. The lowest BCUT2D eigenvalue weighted by Crippen LogP contribution is -2.32. The number of ether oxygens (including phenoxy) is 1. The summed E-state index contributed by atoms with van der Waals surface area (Å²) in [6.45, 7) is 2.54. The van der Waals surface area contributed by atoms with Crippen LogP contribution in [0.25, 0.3) is 0 Å². The molecule has 0 bridgehead atoms. The predicted molar refractivity (Wildman–Crippen MR) is 75.2 cm³/mol. The molecule has 0 saturated carbocycles. The lowest BCUT2D eigenvalue weighted by atomic mass is 10.1. The Bertz CT molecular complexity index is 544. The highest BCUT2D eigenvalue weighted by Gasteiger charge is 2.22. The van der Waals surface area contributed by atoms with E-state index < -0.39 is 0 Å². The molecule has 1 unspecified atom stereocenters. The Morgan fingerprint density at radius 1 is 1.47 bits per heavy atom. The first-order valence-corrected chi connectivity index (χ1v) is 7.10. The fraction of sp³-hybridized carbons (Fsp3) is 0.385. The van der Waals surface area contributed by atoms with Crippen molar-refractivity contribution in [3.05, 3.63) is 40.6 Å². The number of rotatable bonds is 5. The fourth-order valence-corrected chi connectivity index (χ4v) is 2.62. The van der Waals surface area contributed by atoms with Crippen molar-refractivity contribution in [2.24, 2.45) is 0 Å². The molecule has 2 aromatic rings. The van der Waals surface area contributed by atoms with Crippen LogP contribution in [0.15, 0.2) is 35.1 Å². The lowest BCUT2D eigenvalue weighted by molar-refractivity contribution is 0.227. The monoisotopic (exact) mass is 322 g/mol. The van der Waals surface area contributed by atoms with Crippen LogP contribution in [0.2, 0.25) is 0 Å². The molecule has 1 N–H and O–H groups in total. The number of benzene rings is 1. The van der Waals surface area contributed by atoms with Crippen LogP contribution >= 0.6 is 15.9 Å². The van der Waals surface area contributed by atoms with Crippen molar-refractivity contribution in [2.45, 2.75) is 19.1 Å². The van der Waals surface area contributed by atoms with Gasteiger partial charge in [0.1, 0.15) is 11.9 Å². The standard InChI is InChI=1S/C13H15BrN4O/c14-11-1-2-13-10(7-11)8-12(19-13)9-15-3-5-18-6-4-16-17-18/h1-2,4,6-7,12,15H,3,5,8-9H2. The van der Waals surface area contributed by atoms with Gasteiger partial charge in [0.15, 0.2) is 0 Å². The summed E-state index contributed by atoms with van der Waals surface area (Å²) in [6.07, 6.45) is 4.74. The Morgan fingerprint density at radius 2 is 2.42 bits per heavy atom. The van der Waals surface area contributed by atoms with E-state index in [0.717, 1.165) is 36.3 Å². The average Bonchev–Trinajstić information content (AvgIpc) is 3.02. The topological polar surface area (TPSA) is 52.0 Å². The third kappa shape index (κ3) is 3.13. The minimum absolute atomic E-state index is 0.222. The summed E-state index contributed by atoms with van der Waals surface area (Å²) in [5, 5.41) is 11.1. The minimum atomic E-state index is 0.222. The molecule has 0 radical (unpaired) electrons. The fourth-order valence-electron chi connectivity index (χ4n) is 2.21. The van der Waals surface area contributed by atoms with E-state index in [9.17, 15) is 0 Å². The van der Waals surface area contributed by atoms with Crippen LogP contribution in [0.4, 0.5) is 0 Å². The van der Waals surface area contributed by atoms with Crippen molar-refractivity contribution in [3.8, 4) is 5.75 Å². The molecule has 1 aromatic heterocycles. The number of aromatic nitrogens is 3. The maximum atomic E-state index is 5.88. The predicted octanol–water partition coefficient (Wildman–Crippen LogP) is 1.63. The van der Waals surface area contributed by atoms with Gasteiger partial charge in [-0.3, -0.25) is 4.68 Å². The molecule has 19 heavy (non-hydrogen) atoms. The molecule has 0 aliphatic carbocycles.